The average molecular weight is 1020 g/mol. The minimum atomic E-state index is -0.844. The van der Waals surface area contributed by atoms with Crippen molar-refractivity contribution in [2.75, 3.05) is 114 Å². The van der Waals surface area contributed by atoms with Gasteiger partial charge in [0.1, 0.15) is 16.9 Å². The summed E-state index contributed by atoms with van der Waals surface area (Å²) in [5.74, 6) is -0.557. The molecule has 1 atom stereocenters. The van der Waals surface area contributed by atoms with Crippen LogP contribution in [-0.2, 0) is 42.9 Å². The van der Waals surface area contributed by atoms with E-state index in [0.29, 0.717) is 109 Å². The highest BCUT2D eigenvalue weighted by Gasteiger charge is 2.30. The fourth-order valence-corrected chi connectivity index (χ4v) is 8.27. The zero-order valence-corrected chi connectivity index (χ0v) is 40.9. The van der Waals surface area contributed by atoms with Gasteiger partial charge in [-0.1, -0.05) is 41.6 Å². The Labute approximate surface area is 415 Å². The lowest BCUT2D eigenvalue weighted by Gasteiger charge is -2.37. The predicted octanol–water partition coefficient (Wildman–Crippen LogP) is 3.32. The van der Waals surface area contributed by atoms with Crippen LogP contribution in [0.15, 0.2) is 63.5 Å². The van der Waals surface area contributed by atoms with Crippen LogP contribution >= 0.6 is 35.8 Å². The number of anilines is 4. The summed E-state index contributed by atoms with van der Waals surface area (Å²) in [6.07, 6.45) is 5.24. The smallest absolute Gasteiger partial charge is 0.277 e. The molecule has 2 aliphatic rings. The lowest BCUT2D eigenvalue weighted by Crippen LogP contribution is -2.48. The van der Waals surface area contributed by atoms with Gasteiger partial charge in [-0.2, -0.15) is 5.10 Å². The normalized spacial score (nSPS) is 15.6. The molecule has 0 aliphatic carbocycles. The molecule has 4 amide bonds. The molecule has 0 saturated carbocycles. The van der Waals surface area contributed by atoms with E-state index in [1.807, 2.05) is 6.07 Å². The number of hydrogen-bond donors (Lipinski definition) is 6. The van der Waals surface area contributed by atoms with Crippen molar-refractivity contribution in [3.05, 3.63) is 64.2 Å². The lowest BCUT2D eigenvalue weighted by molar-refractivity contribution is -0.136. The van der Waals surface area contributed by atoms with Crippen molar-refractivity contribution in [2.45, 2.75) is 67.0 Å². The van der Waals surface area contributed by atoms with Crippen LogP contribution in [0.3, 0.4) is 0 Å². The summed E-state index contributed by atoms with van der Waals surface area (Å²) in [7, 11) is 0. The van der Waals surface area contributed by atoms with E-state index >= 15 is 0 Å². The number of rotatable bonds is 27. The van der Waals surface area contributed by atoms with Gasteiger partial charge < -0.3 is 56.0 Å². The number of carbonyl (C=O) groups is 4. The molecule has 24 heteroatoms. The highest BCUT2D eigenvalue weighted by molar-refractivity contribution is 7.99. The van der Waals surface area contributed by atoms with E-state index in [2.05, 4.69) is 48.2 Å². The summed E-state index contributed by atoms with van der Waals surface area (Å²) in [4.78, 5) is 74.1. The molecule has 2 aliphatic heterocycles. The van der Waals surface area contributed by atoms with Crippen LogP contribution in [0.1, 0.15) is 51.5 Å². The molecule has 0 radical (unpaired) electrons. The minimum Gasteiger partial charge on any atom is -0.382 e. The number of ether oxygens (including phenoxy) is 5. The van der Waals surface area contributed by atoms with Gasteiger partial charge in [0.2, 0.25) is 17.7 Å². The number of aromatic nitrogens is 4. The first-order chi connectivity index (χ1) is 32.9. The van der Waals surface area contributed by atoms with Gasteiger partial charge in [0.05, 0.1) is 94.6 Å². The van der Waals surface area contributed by atoms with Gasteiger partial charge in [0, 0.05) is 66.9 Å². The summed E-state index contributed by atoms with van der Waals surface area (Å²) in [6, 6.07) is 9.76. The number of carbonyl (C=O) groups excluding carboxylic acids is 4. The monoisotopic (exact) mass is 1020 g/mol. The van der Waals surface area contributed by atoms with Crippen LogP contribution < -0.4 is 43.2 Å². The molecule has 0 bridgehead atoms. The number of amides is 4. The molecule has 6 rings (SSSR count). The number of imide groups is 1. The van der Waals surface area contributed by atoms with Crippen LogP contribution in [0.2, 0.25) is 5.02 Å². The topological polar surface area (TPSA) is 278 Å². The van der Waals surface area contributed by atoms with E-state index in [0.717, 1.165) is 30.6 Å². The van der Waals surface area contributed by atoms with Gasteiger partial charge in [-0.15, -0.1) is 12.4 Å². The Morgan fingerprint density at radius 1 is 0.855 bits per heavy atom. The molecule has 4 heterocycles. The maximum Gasteiger partial charge on any atom is 0.277 e. The molecule has 2 aromatic heterocycles. The van der Waals surface area contributed by atoms with E-state index in [1.54, 1.807) is 36.5 Å². The highest BCUT2D eigenvalue weighted by atomic mass is 35.5. The fraction of sp³-hybridized carbons (Fsp3) is 0.511. The van der Waals surface area contributed by atoms with E-state index in [-0.39, 0.29) is 80.3 Å². The Hall–Kier alpha value is -5.17. The Bertz CT molecular complexity index is 2410. The van der Waals surface area contributed by atoms with E-state index in [4.69, 9.17) is 46.8 Å². The molecule has 0 spiro atoms. The number of benzene rings is 2. The van der Waals surface area contributed by atoms with Crippen molar-refractivity contribution >= 4 is 93.2 Å². The lowest BCUT2D eigenvalue weighted by atomic mass is 9.91. The molecule has 2 fully saturated rings. The van der Waals surface area contributed by atoms with Gasteiger partial charge >= 0.3 is 0 Å². The standard InChI is InChI=1S/C45H60ClN11O10S.ClH/c1-45(48)12-16-56(17-13-45)35-29-51-43(41(47)54-35)68-34-7-3-6-32(40(34)46)53-37(59)11-10-36(58)50-15-19-64-21-23-66-25-27-67-26-24-65-22-20-63-18-14-49-31-5-2-4-30-28-52-57(44(62)39(30)31)33-8-9-38(60)55-42(33)61;/h2-7,28-29,33,49H,8-27,48H2,1H3,(H2,47,54)(H,50,58)(H,53,59)(H,55,60,61);1H. The van der Waals surface area contributed by atoms with Gasteiger partial charge in [-0.3, -0.25) is 29.3 Å². The first kappa shape index (κ1) is 54.8. The second-order valence-electron chi connectivity index (χ2n) is 16.3. The average Bonchev–Trinajstić information content (AvgIpc) is 3.31. The number of nitrogens with two attached hydrogens (primary N) is 2. The first-order valence-corrected chi connectivity index (χ1v) is 23.7. The van der Waals surface area contributed by atoms with Crippen LogP contribution in [0, 0.1) is 0 Å². The molecular weight excluding hydrogens is 958 g/mol. The zero-order chi connectivity index (χ0) is 48.3. The van der Waals surface area contributed by atoms with Crippen LogP contribution in [0.5, 0.6) is 0 Å². The Morgan fingerprint density at radius 2 is 1.46 bits per heavy atom. The number of nitrogen functional groups attached to an aromatic ring is 1. The molecule has 376 valence electrons. The van der Waals surface area contributed by atoms with Gasteiger partial charge in [-0.25, -0.2) is 14.6 Å². The maximum atomic E-state index is 13.3. The molecule has 2 saturated heterocycles. The van der Waals surface area contributed by atoms with E-state index in [9.17, 15) is 24.0 Å². The van der Waals surface area contributed by atoms with Crippen molar-refractivity contribution in [3.63, 3.8) is 0 Å². The van der Waals surface area contributed by atoms with Crippen molar-refractivity contribution < 1.29 is 42.9 Å². The number of nitrogens with one attached hydrogen (secondary N) is 4. The minimum absolute atomic E-state index is 0. The third-order valence-corrected chi connectivity index (χ3v) is 12.6. The van der Waals surface area contributed by atoms with Gasteiger partial charge in [0.25, 0.3) is 11.5 Å². The van der Waals surface area contributed by atoms with Gasteiger partial charge in [0.15, 0.2) is 5.82 Å². The number of halogens is 2. The van der Waals surface area contributed by atoms with Crippen LogP contribution in [-0.4, -0.2) is 141 Å². The number of hydrogen-bond acceptors (Lipinski definition) is 18. The largest absolute Gasteiger partial charge is 0.382 e. The Kier molecular flexibility index (Phi) is 22.1. The maximum absolute atomic E-state index is 13.3. The van der Waals surface area contributed by atoms with Crippen molar-refractivity contribution in [1.29, 1.82) is 0 Å². The zero-order valence-electron chi connectivity index (χ0n) is 38.5. The summed E-state index contributed by atoms with van der Waals surface area (Å²) in [5, 5.41) is 17.1. The Morgan fingerprint density at radius 3 is 2.12 bits per heavy atom. The van der Waals surface area contributed by atoms with Gasteiger partial charge in [-0.05, 0) is 44.4 Å². The molecule has 1 unspecified atom stereocenters. The highest BCUT2D eigenvalue weighted by Crippen LogP contribution is 2.39. The third kappa shape index (κ3) is 17.0. The molecule has 69 heavy (non-hydrogen) atoms. The quantitative estimate of drug-likeness (QED) is 0.0369. The van der Waals surface area contributed by atoms with Crippen LogP contribution in [0.25, 0.3) is 10.8 Å². The summed E-state index contributed by atoms with van der Waals surface area (Å²) < 4.78 is 28.9. The summed E-state index contributed by atoms with van der Waals surface area (Å²) in [5.41, 5.74) is 12.9. The molecular formula is C45H61Cl2N11O10S. The number of fused-ring (bicyclic) bond motifs is 1. The second kappa shape index (κ2) is 27.9. The third-order valence-electron chi connectivity index (χ3n) is 11.0. The molecule has 2 aromatic carbocycles. The Balaban J connectivity index is 0.00000888. The second-order valence-corrected chi connectivity index (χ2v) is 17.7. The first-order valence-electron chi connectivity index (χ1n) is 22.5. The van der Waals surface area contributed by atoms with Crippen molar-refractivity contribution in [3.8, 4) is 0 Å². The van der Waals surface area contributed by atoms with Crippen molar-refractivity contribution in [2.24, 2.45) is 5.73 Å². The molecule has 21 nitrogen and oxygen atoms in total. The summed E-state index contributed by atoms with van der Waals surface area (Å²) in [6.45, 7) is 8.01. The summed E-state index contributed by atoms with van der Waals surface area (Å²) >= 11 is 7.90. The predicted molar refractivity (Wildman–Crippen MR) is 264 cm³/mol. The van der Waals surface area contributed by atoms with E-state index < -0.39 is 17.5 Å². The van der Waals surface area contributed by atoms with E-state index in [1.165, 1.54) is 18.0 Å². The number of piperidine rings is 2. The van der Waals surface area contributed by atoms with Crippen molar-refractivity contribution in [1.82, 2.24) is 30.4 Å². The molecule has 4 aromatic rings. The SMILES string of the molecule is CC1(N)CCN(c2cnc(Sc3cccc(NC(=O)CCC(=O)NCCOCCOCCOCCOCCOCCNc4cccc5cnn(C6CCC(=O)NC6=O)c(=O)c45)c3Cl)c(N)n2)CC1.Cl. The number of nitrogens with zero attached hydrogens (tertiary/aromatic N) is 5. The molecule has 8 N–H and O–H groups in total. The fourth-order valence-electron chi connectivity index (χ4n) is 7.17. The van der Waals surface area contributed by atoms with Crippen LogP contribution in [0.4, 0.5) is 23.0 Å².